The van der Waals surface area contributed by atoms with Crippen molar-refractivity contribution in [2.75, 3.05) is 26.2 Å². The van der Waals surface area contributed by atoms with E-state index in [9.17, 15) is 4.79 Å². The molecule has 2 aromatic rings. The molecule has 0 spiro atoms. The molecule has 0 aliphatic carbocycles. The molecule has 1 aliphatic heterocycles. The van der Waals surface area contributed by atoms with E-state index in [1.54, 1.807) is 0 Å². The van der Waals surface area contributed by atoms with Gasteiger partial charge in [-0.25, -0.2) is 4.98 Å². The van der Waals surface area contributed by atoms with Crippen molar-refractivity contribution in [3.05, 3.63) is 52.0 Å². The predicted octanol–water partition coefficient (Wildman–Crippen LogP) is 2.29. The molecule has 25 heavy (non-hydrogen) atoms. The first kappa shape index (κ1) is 18.0. The van der Waals surface area contributed by atoms with Crippen molar-refractivity contribution in [2.45, 2.75) is 25.8 Å². The van der Waals surface area contributed by atoms with Crippen LogP contribution in [0.1, 0.15) is 33.9 Å². The number of nitrogens with one attached hydrogen (secondary N) is 1. The highest BCUT2D eigenvalue weighted by Gasteiger charge is 2.20. The van der Waals surface area contributed by atoms with E-state index in [-0.39, 0.29) is 5.91 Å². The fourth-order valence-electron chi connectivity index (χ4n) is 3.17. The summed E-state index contributed by atoms with van der Waals surface area (Å²) in [4.78, 5) is 19.0. The third kappa shape index (κ3) is 5.36. The highest BCUT2D eigenvalue weighted by Crippen LogP contribution is 2.18. The second-order valence-corrected chi connectivity index (χ2v) is 7.52. The number of piperidine rings is 1. The van der Waals surface area contributed by atoms with E-state index in [0.29, 0.717) is 18.2 Å². The molecule has 0 atom stereocenters. The molecule has 1 fully saturated rings. The minimum Gasteiger partial charge on any atom is -0.350 e. The normalized spacial score (nSPS) is 16.0. The molecule has 1 saturated heterocycles. The summed E-state index contributed by atoms with van der Waals surface area (Å²) in [5.41, 5.74) is 7.41. The van der Waals surface area contributed by atoms with Gasteiger partial charge in [0.1, 0.15) is 5.69 Å². The molecule has 1 aliphatic rings. The van der Waals surface area contributed by atoms with Crippen molar-refractivity contribution in [3.8, 4) is 0 Å². The Morgan fingerprint density at radius 3 is 2.76 bits per heavy atom. The van der Waals surface area contributed by atoms with E-state index < -0.39 is 0 Å². The van der Waals surface area contributed by atoms with Crippen LogP contribution in [-0.4, -0.2) is 42.0 Å². The molecule has 5 nitrogen and oxygen atoms in total. The van der Waals surface area contributed by atoms with Crippen LogP contribution in [0.2, 0.25) is 0 Å². The lowest BCUT2D eigenvalue weighted by atomic mass is 9.96. The second-order valence-electron chi connectivity index (χ2n) is 6.58. The summed E-state index contributed by atoms with van der Waals surface area (Å²) in [6, 6.07) is 10.6. The molecule has 0 unspecified atom stereocenters. The predicted molar refractivity (Wildman–Crippen MR) is 102 cm³/mol. The fraction of sp³-hybridized carbons (Fsp3) is 0.474. The summed E-state index contributed by atoms with van der Waals surface area (Å²) < 4.78 is 0. The zero-order valence-corrected chi connectivity index (χ0v) is 15.3. The van der Waals surface area contributed by atoms with Gasteiger partial charge < -0.3 is 11.1 Å². The number of hydrogen-bond donors (Lipinski definition) is 2. The minimum atomic E-state index is -0.0637. The van der Waals surface area contributed by atoms with Gasteiger partial charge >= 0.3 is 0 Å². The lowest BCUT2D eigenvalue weighted by Gasteiger charge is -2.32. The highest BCUT2D eigenvalue weighted by atomic mass is 32.1. The van der Waals surface area contributed by atoms with Crippen molar-refractivity contribution in [1.82, 2.24) is 15.2 Å². The summed E-state index contributed by atoms with van der Waals surface area (Å²) in [7, 11) is 0. The van der Waals surface area contributed by atoms with Gasteiger partial charge in [-0.3, -0.25) is 9.69 Å². The average Bonchev–Trinajstić information content (AvgIpc) is 3.11. The first-order valence-corrected chi connectivity index (χ1v) is 9.81. The number of amides is 1. The van der Waals surface area contributed by atoms with Crippen LogP contribution >= 0.6 is 11.3 Å². The maximum Gasteiger partial charge on any atom is 0.270 e. The van der Waals surface area contributed by atoms with Gasteiger partial charge in [0.05, 0.1) is 5.01 Å². The van der Waals surface area contributed by atoms with Crippen molar-refractivity contribution in [3.63, 3.8) is 0 Å². The third-order valence-corrected chi connectivity index (χ3v) is 5.56. The second kappa shape index (κ2) is 9.08. The summed E-state index contributed by atoms with van der Waals surface area (Å²) in [5, 5.41) is 5.80. The van der Waals surface area contributed by atoms with Crippen LogP contribution < -0.4 is 11.1 Å². The standard InChI is InChI=1S/C19H26N4OS/c20-9-6-18-22-17(14-25-18)19(24)21-12-15-7-10-23(11-8-15)13-16-4-2-1-3-5-16/h1-5,14-15H,6-13,20H2,(H,21,24). The van der Waals surface area contributed by atoms with Crippen LogP contribution in [0.25, 0.3) is 0 Å². The Morgan fingerprint density at radius 1 is 1.28 bits per heavy atom. The van der Waals surface area contributed by atoms with Gasteiger partial charge in [0.15, 0.2) is 0 Å². The Hall–Kier alpha value is -1.76. The van der Waals surface area contributed by atoms with Crippen LogP contribution in [0.15, 0.2) is 35.7 Å². The smallest absolute Gasteiger partial charge is 0.270 e. The Bertz CT molecular complexity index is 665. The number of thiazole rings is 1. The quantitative estimate of drug-likeness (QED) is 0.797. The molecule has 1 amide bonds. The zero-order chi connectivity index (χ0) is 17.5. The molecule has 0 saturated carbocycles. The highest BCUT2D eigenvalue weighted by molar-refractivity contribution is 7.09. The number of likely N-dealkylation sites (tertiary alicyclic amines) is 1. The molecule has 6 heteroatoms. The maximum absolute atomic E-state index is 12.2. The van der Waals surface area contributed by atoms with Crippen LogP contribution in [0.3, 0.4) is 0 Å². The Balaban J connectivity index is 1.39. The van der Waals surface area contributed by atoms with Gasteiger partial charge in [0.25, 0.3) is 5.91 Å². The van der Waals surface area contributed by atoms with E-state index in [2.05, 4.69) is 45.5 Å². The number of aromatic nitrogens is 1. The number of carbonyl (C=O) groups excluding carboxylic acids is 1. The number of rotatable bonds is 7. The molecule has 0 bridgehead atoms. The largest absolute Gasteiger partial charge is 0.350 e. The van der Waals surface area contributed by atoms with E-state index >= 15 is 0 Å². The Morgan fingerprint density at radius 2 is 2.04 bits per heavy atom. The number of benzene rings is 1. The first-order chi connectivity index (χ1) is 12.2. The summed E-state index contributed by atoms with van der Waals surface area (Å²) >= 11 is 1.51. The monoisotopic (exact) mass is 358 g/mol. The van der Waals surface area contributed by atoms with Gasteiger partial charge in [-0.2, -0.15) is 0 Å². The Labute approximate surface area is 153 Å². The number of carbonyl (C=O) groups is 1. The van der Waals surface area contributed by atoms with Gasteiger partial charge in [-0.05, 0) is 44.0 Å². The molecule has 3 N–H and O–H groups in total. The SMILES string of the molecule is NCCc1nc(C(=O)NCC2CCN(Cc3ccccc3)CC2)cs1. The number of nitrogens with two attached hydrogens (primary N) is 1. The molecule has 1 aromatic carbocycles. The molecule has 134 valence electrons. The zero-order valence-electron chi connectivity index (χ0n) is 14.5. The van der Waals surface area contributed by atoms with Crippen molar-refractivity contribution < 1.29 is 4.79 Å². The summed E-state index contributed by atoms with van der Waals surface area (Å²) in [6.45, 7) is 4.50. The van der Waals surface area contributed by atoms with E-state index in [4.69, 9.17) is 5.73 Å². The lowest BCUT2D eigenvalue weighted by molar-refractivity contribution is 0.0931. The van der Waals surface area contributed by atoms with Gasteiger partial charge in [-0.1, -0.05) is 30.3 Å². The maximum atomic E-state index is 12.2. The summed E-state index contributed by atoms with van der Waals surface area (Å²) in [6.07, 6.45) is 2.99. The number of hydrogen-bond acceptors (Lipinski definition) is 5. The van der Waals surface area contributed by atoms with Crippen molar-refractivity contribution in [2.24, 2.45) is 11.7 Å². The van der Waals surface area contributed by atoms with E-state index in [1.165, 1.54) is 16.9 Å². The van der Waals surface area contributed by atoms with Crippen LogP contribution in [-0.2, 0) is 13.0 Å². The molecule has 1 aromatic heterocycles. The van der Waals surface area contributed by atoms with Crippen LogP contribution in [0.5, 0.6) is 0 Å². The third-order valence-electron chi connectivity index (χ3n) is 4.65. The van der Waals surface area contributed by atoms with Crippen molar-refractivity contribution >= 4 is 17.2 Å². The fourth-order valence-corrected chi connectivity index (χ4v) is 3.97. The molecular formula is C19H26N4OS. The molecule has 2 heterocycles. The average molecular weight is 359 g/mol. The molecular weight excluding hydrogens is 332 g/mol. The van der Waals surface area contributed by atoms with Gasteiger partial charge in [0, 0.05) is 24.9 Å². The van der Waals surface area contributed by atoms with Gasteiger partial charge in [0.2, 0.25) is 0 Å². The summed E-state index contributed by atoms with van der Waals surface area (Å²) in [5.74, 6) is 0.490. The van der Waals surface area contributed by atoms with Crippen LogP contribution in [0, 0.1) is 5.92 Å². The molecule has 0 radical (unpaired) electrons. The van der Waals surface area contributed by atoms with E-state index in [0.717, 1.165) is 50.4 Å². The minimum absolute atomic E-state index is 0.0637. The topological polar surface area (TPSA) is 71.2 Å². The Kier molecular flexibility index (Phi) is 6.55. The van der Waals surface area contributed by atoms with Gasteiger partial charge in [-0.15, -0.1) is 11.3 Å². The molecule has 3 rings (SSSR count). The van der Waals surface area contributed by atoms with Crippen LogP contribution in [0.4, 0.5) is 0 Å². The first-order valence-electron chi connectivity index (χ1n) is 8.93. The van der Waals surface area contributed by atoms with Crippen molar-refractivity contribution in [1.29, 1.82) is 0 Å². The number of nitrogens with zero attached hydrogens (tertiary/aromatic N) is 2. The lowest BCUT2D eigenvalue weighted by Crippen LogP contribution is -2.38. The van der Waals surface area contributed by atoms with E-state index in [1.807, 2.05) is 5.38 Å².